The van der Waals surface area contributed by atoms with E-state index in [4.69, 9.17) is 11.6 Å². The molecule has 1 aromatic rings. The van der Waals surface area contributed by atoms with E-state index >= 15 is 0 Å². The molecule has 5 heteroatoms. The van der Waals surface area contributed by atoms with Crippen LogP contribution in [0.5, 0.6) is 0 Å². The summed E-state index contributed by atoms with van der Waals surface area (Å²) >= 11 is 7.29. The highest BCUT2D eigenvalue weighted by atomic mass is 35.5. The van der Waals surface area contributed by atoms with Crippen LogP contribution in [0.25, 0.3) is 0 Å². The molecule has 0 radical (unpaired) electrons. The van der Waals surface area contributed by atoms with E-state index in [9.17, 15) is 0 Å². The summed E-state index contributed by atoms with van der Waals surface area (Å²) < 4.78 is 0. The van der Waals surface area contributed by atoms with E-state index in [0.717, 1.165) is 23.2 Å². The summed E-state index contributed by atoms with van der Waals surface area (Å²) in [6.45, 7) is 0. The van der Waals surface area contributed by atoms with E-state index in [1.165, 1.54) is 25.6 Å². The molecule has 3 nitrogen and oxygen atoms in total. The van der Waals surface area contributed by atoms with Crippen molar-refractivity contribution in [3.05, 3.63) is 6.33 Å². The molecule has 0 spiro atoms. The van der Waals surface area contributed by atoms with Gasteiger partial charge >= 0.3 is 0 Å². The van der Waals surface area contributed by atoms with Crippen molar-refractivity contribution in [1.29, 1.82) is 0 Å². The number of alkyl halides is 1. The molecule has 1 aromatic heterocycles. The summed E-state index contributed by atoms with van der Waals surface area (Å²) in [7, 11) is 0. The second-order valence-electron chi connectivity index (χ2n) is 2.74. The van der Waals surface area contributed by atoms with Gasteiger partial charge in [0, 0.05) is 11.6 Å². The van der Waals surface area contributed by atoms with Gasteiger partial charge < -0.3 is 0 Å². The van der Waals surface area contributed by atoms with Crippen molar-refractivity contribution in [2.45, 2.75) is 30.8 Å². The molecule has 0 aromatic carbocycles. The van der Waals surface area contributed by atoms with Crippen molar-refractivity contribution >= 4 is 23.4 Å². The number of hydrogen-bond donors (Lipinski definition) is 1. The Morgan fingerprint density at radius 3 is 2.85 bits per heavy atom. The minimum atomic E-state index is 0.787. The van der Waals surface area contributed by atoms with Crippen LogP contribution in [-0.4, -0.2) is 26.8 Å². The van der Waals surface area contributed by atoms with Crippen LogP contribution in [0.2, 0.25) is 0 Å². The molecule has 13 heavy (non-hydrogen) atoms. The highest BCUT2D eigenvalue weighted by molar-refractivity contribution is 7.99. The van der Waals surface area contributed by atoms with Gasteiger partial charge in [0.15, 0.2) is 5.16 Å². The third-order valence-electron chi connectivity index (χ3n) is 1.66. The summed E-state index contributed by atoms with van der Waals surface area (Å²) in [5.41, 5.74) is 0. The molecule has 1 N–H and O–H groups in total. The van der Waals surface area contributed by atoms with E-state index < -0.39 is 0 Å². The van der Waals surface area contributed by atoms with Gasteiger partial charge in [-0.25, -0.2) is 4.98 Å². The van der Waals surface area contributed by atoms with Gasteiger partial charge in [0.05, 0.1) is 0 Å². The van der Waals surface area contributed by atoms with Crippen molar-refractivity contribution in [2.24, 2.45) is 0 Å². The number of H-pyrrole nitrogens is 1. The molecule has 1 rings (SSSR count). The predicted octanol–water partition coefficient (Wildman–Crippen LogP) is 2.70. The van der Waals surface area contributed by atoms with Gasteiger partial charge in [-0.05, 0) is 12.8 Å². The summed E-state index contributed by atoms with van der Waals surface area (Å²) in [5.74, 6) is 1.90. The Morgan fingerprint density at radius 1 is 1.31 bits per heavy atom. The molecule has 0 amide bonds. The van der Waals surface area contributed by atoms with Gasteiger partial charge in [0.25, 0.3) is 0 Å². The van der Waals surface area contributed by atoms with Crippen LogP contribution in [0.15, 0.2) is 11.5 Å². The van der Waals surface area contributed by atoms with Gasteiger partial charge in [-0.3, -0.25) is 5.10 Å². The smallest absolute Gasteiger partial charge is 0.183 e. The highest BCUT2D eigenvalue weighted by Gasteiger charge is 1.95. The normalized spacial score (nSPS) is 10.5. The zero-order valence-electron chi connectivity index (χ0n) is 7.50. The number of thioether (sulfide) groups is 1. The molecule has 0 aliphatic carbocycles. The minimum absolute atomic E-state index is 0.787. The number of nitrogens with zero attached hydrogens (tertiary/aromatic N) is 2. The fourth-order valence-electron chi connectivity index (χ4n) is 0.983. The molecule has 0 fully saturated rings. The van der Waals surface area contributed by atoms with Crippen LogP contribution in [0.1, 0.15) is 25.7 Å². The molecule has 74 valence electrons. The van der Waals surface area contributed by atoms with Gasteiger partial charge in [-0.15, -0.1) is 11.6 Å². The maximum Gasteiger partial charge on any atom is 0.183 e. The third kappa shape index (κ3) is 5.16. The van der Waals surface area contributed by atoms with E-state index in [2.05, 4.69) is 15.2 Å². The Balaban J connectivity index is 1.90. The molecular weight excluding hydrogens is 206 g/mol. The van der Waals surface area contributed by atoms with Gasteiger partial charge in [0.2, 0.25) is 0 Å². The van der Waals surface area contributed by atoms with E-state index in [0.29, 0.717) is 0 Å². The topological polar surface area (TPSA) is 41.6 Å². The maximum atomic E-state index is 5.57. The molecule has 0 aliphatic rings. The summed E-state index contributed by atoms with van der Waals surface area (Å²) in [5, 5.41) is 7.51. The number of halogens is 1. The van der Waals surface area contributed by atoms with Crippen LogP contribution >= 0.6 is 23.4 Å². The Morgan fingerprint density at radius 2 is 2.15 bits per heavy atom. The lowest BCUT2D eigenvalue weighted by molar-refractivity contribution is 0.709. The summed E-state index contributed by atoms with van der Waals surface area (Å²) in [6, 6.07) is 0. The molecule has 0 unspecified atom stereocenters. The number of nitrogens with one attached hydrogen (secondary N) is 1. The zero-order chi connectivity index (χ0) is 9.36. The molecule has 0 bridgehead atoms. The lowest BCUT2D eigenvalue weighted by Gasteiger charge is -1.97. The van der Waals surface area contributed by atoms with Gasteiger partial charge in [-0.1, -0.05) is 24.6 Å². The molecule has 0 saturated heterocycles. The fraction of sp³-hybridized carbons (Fsp3) is 0.750. The van der Waals surface area contributed by atoms with E-state index in [-0.39, 0.29) is 0 Å². The Labute approximate surface area is 87.7 Å². The number of rotatable bonds is 7. The Kier molecular flexibility index (Phi) is 6.02. The predicted molar refractivity (Wildman–Crippen MR) is 56.3 cm³/mol. The summed E-state index contributed by atoms with van der Waals surface area (Å²) in [6.07, 6.45) is 6.39. The van der Waals surface area contributed by atoms with E-state index in [1.54, 1.807) is 11.8 Å². The quantitative estimate of drug-likeness (QED) is 0.436. The number of aromatic nitrogens is 3. The monoisotopic (exact) mass is 219 g/mol. The SMILES string of the molecule is ClCCCCCCSc1ncn[nH]1. The molecule has 0 aliphatic heterocycles. The average Bonchev–Trinajstić information content (AvgIpc) is 2.63. The lowest BCUT2D eigenvalue weighted by atomic mass is 10.2. The van der Waals surface area contributed by atoms with Crippen LogP contribution in [0.3, 0.4) is 0 Å². The third-order valence-corrected chi connectivity index (χ3v) is 2.89. The molecule has 0 atom stereocenters. The van der Waals surface area contributed by atoms with Crippen LogP contribution < -0.4 is 0 Å². The second-order valence-corrected chi connectivity index (χ2v) is 4.20. The van der Waals surface area contributed by atoms with Gasteiger partial charge in [0.1, 0.15) is 6.33 Å². The molecular formula is C8H14ClN3S. The first kappa shape index (κ1) is 10.9. The fourth-order valence-corrected chi connectivity index (χ4v) is 1.95. The zero-order valence-corrected chi connectivity index (χ0v) is 9.07. The second kappa shape index (κ2) is 7.21. The van der Waals surface area contributed by atoms with Crippen LogP contribution in [-0.2, 0) is 0 Å². The van der Waals surface area contributed by atoms with E-state index in [1.807, 2.05) is 0 Å². The van der Waals surface area contributed by atoms with Crippen molar-refractivity contribution < 1.29 is 0 Å². The van der Waals surface area contributed by atoms with Crippen molar-refractivity contribution in [1.82, 2.24) is 15.2 Å². The Hall–Kier alpha value is -0.220. The van der Waals surface area contributed by atoms with Crippen molar-refractivity contribution in [2.75, 3.05) is 11.6 Å². The summed E-state index contributed by atoms with van der Waals surface area (Å²) in [4.78, 5) is 4.03. The number of aromatic amines is 1. The van der Waals surface area contributed by atoms with Gasteiger partial charge in [-0.2, -0.15) is 5.10 Å². The average molecular weight is 220 g/mol. The molecule has 1 heterocycles. The first-order valence-corrected chi connectivity index (χ1v) is 5.99. The standard InChI is InChI=1S/C8H14ClN3S/c9-5-3-1-2-4-6-13-8-10-7-11-12-8/h7H,1-6H2,(H,10,11,12). The maximum absolute atomic E-state index is 5.57. The number of hydrogen-bond acceptors (Lipinski definition) is 3. The first-order chi connectivity index (χ1) is 6.43. The van der Waals surface area contributed by atoms with Crippen LogP contribution in [0, 0.1) is 0 Å². The first-order valence-electron chi connectivity index (χ1n) is 4.47. The minimum Gasteiger partial charge on any atom is -0.254 e. The Bertz CT molecular complexity index is 203. The highest BCUT2D eigenvalue weighted by Crippen LogP contribution is 2.13. The number of unbranched alkanes of at least 4 members (excludes halogenated alkanes) is 3. The molecule has 0 saturated carbocycles. The van der Waals surface area contributed by atoms with Crippen molar-refractivity contribution in [3.63, 3.8) is 0 Å². The lowest BCUT2D eigenvalue weighted by Crippen LogP contribution is -1.84. The largest absolute Gasteiger partial charge is 0.254 e. The van der Waals surface area contributed by atoms with Crippen molar-refractivity contribution in [3.8, 4) is 0 Å². The van der Waals surface area contributed by atoms with Crippen LogP contribution in [0.4, 0.5) is 0 Å².